The fourth-order valence-electron chi connectivity index (χ4n) is 2.47. The van der Waals surface area contributed by atoms with Crippen molar-refractivity contribution in [3.63, 3.8) is 0 Å². The van der Waals surface area contributed by atoms with E-state index in [4.69, 9.17) is 0 Å². The van der Waals surface area contributed by atoms with Crippen molar-refractivity contribution in [3.05, 3.63) is 83.6 Å². The quantitative estimate of drug-likeness (QED) is 0.705. The summed E-state index contributed by atoms with van der Waals surface area (Å²) in [5, 5.41) is 5.35. The van der Waals surface area contributed by atoms with E-state index in [1.54, 1.807) is 6.07 Å². The maximum absolute atomic E-state index is 13.6. The first-order valence-corrected chi connectivity index (χ1v) is 8.04. The third-order valence-corrected chi connectivity index (χ3v) is 3.88. The standard InChI is InChI=1S/C20H17F2N3O/c1-13-5-2-3-6-14(13)11-19(26)24-15-9-10-18(23-12-15)25-20-16(21)7-4-8-17(20)22/h2-10,12H,11H2,1H3,(H,23,25)(H,24,26). The molecule has 3 rings (SSSR count). The van der Waals surface area contributed by atoms with E-state index in [2.05, 4.69) is 15.6 Å². The van der Waals surface area contributed by atoms with Gasteiger partial charge in [-0.25, -0.2) is 13.8 Å². The van der Waals surface area contributed by atoms with Crippen LogP contribution < -0.4 is 10.6 Å². The van der Waals surface area contributed by atoms with Crippen molar-refractivity contribution in [2.24, 2.45) is 0 Å². The molecule has 3 aromatic rings. The predicted molar refractivity (Wildman–Crippen MR) is 97.4 cm³/mol. The lowest BCUT2D eigenvalue weighted by Crippen LogP contribution is -2.15. The summed E-state index contributed by atoms with van der Waals surface area (Å²) in [5.74, 6) is -1.31. The molecule has 0 saturated heterocycles. The van der Waals surface area contributed by atoms with Gasteiger partial charge in [-0.3, -0.25) is 4.79 Å². The van der Waals surface area contributed by atoms with E-state index >= 15 is 0 Å². The topological polar surface area (TPSA) is 54.0 Å². The second kappa shape index (κ2) is 7.74. The normalized spacial score (nSPS) is 10.4. The molecular weight excluding hydrogens is 336 g/mol. The van der Waals surface area contributed by atoms with Gasteiger partial charge in [-0.05, 0) is 42.3 Å². The monoisotopic (exact) mass is 353 g/mol. The van der Waals surface area contributed by atoms with Gasteiger partial charge in [0.15, 0.2) is 0 Å². The molecule has 0 aliphatic carbocycles. The Balaban J connectivity index is 1.64. The van der Waals surface area contributed by atoms with Gasteiger partial charge in [-0.15, -0.1) is 0 Å². The van der Waals surface area contributed by atoms with Crippen LogP contribution in [0.1, 0.15) is 11.1 Å². The van der Waals surface area contributed by atoms with Crippen molar-refractivity contribution >= 4 is 23.1 Å². The fraction of sp³-hybridized carbons (Fsp3) is 0.100. The van der Waals surface area contributed by atoms with Gasteiger partial charge < -0.3 is 10.6 Å². The molecule has 2 aromatic carbocycles. The maximum atomic E-state index is 13.6. The van der Waals surface area contributed by atoms with Gasteiger partial charge >= 0.3 is 0 Å². The second-order valence-electron chi connectivity index (χ2n) is 5.81. The summed E-state index contributed by atoms with van der Waals surface area (Å²) >= 11 is 0. The summed E-state index contributed by atoms with van der Waals surface area (Å²) in [7, 11) is 0. The molecule has 0 spiro atoms. The lowest BCUT2D eigenvalue weighted by Gasteiger charge is -2.10. The lowest BCUT2D eigenvalue weighted by atomic mass is 10.1. The minimum Gasteiger partial charge on any atom is -0.335 e. The summed E-state index contributed by atoms with van der Waals surface area (Å²) in [6.45, 7) is 1.95. The summed E-state index contributed by atoms with van der Waals surface area (Å²) in [5.41, 5.74) is 2.23. The largest absolute Gasteiger partial charge is 0.335 e. The number of rotatable bonds is 5. The van der Waals surface area contributed by atoms with Gasteiger partial charge in [0.25, 0.3) is 0 Å². The van der Waals surface area contributed by atoms with Crippen LogP contribution in [0.25, 0.3) is 0 Å². The first-order chi connectivity index (χ1) is 12.5. The first-order valence-electron chi connectivity index (χ1n) is 8.04. The highest BCUT2D eigenvalue weighted by Gasteiger charge is 2.10. The molecule has 4 nitrogen and oxygen atoms in total. The molecule has 0 aliphatic heterocycles. The molecule has 0 bridgehead atoms. The molecule has 1 aromatic heterocycles. The summed E-state index contributed by atoms with van der Waals surface area (Å²) < 4.78 is 27.3. The second-order valence-corrected chi connectivity index (χ2v) is 5.81. The molecule has 0 atom stereocenters. The van der Waals surface area contributed by atoms with Crippen LogP contribution in [0.2, 0.25) is 0 Å². The molecule has 6 heteroatoms. The minimum absolute atomic E-state index is 0.165. The zero-order valence-electron chi connectivity index (χ0n) is 14.1. The number of aryl methyl sites for hydroxylation is 1. The Morgan fingerprint density at radius 3 is 2.38 bits per heavy atom. The van der Waals surface area contributed by atoms with Crippen LogP contribution in [-0.2, 0) is 11.2 Å². The van der Waals surface area contributed by atoms with Gasteiger partial charge in [0.1, 0.15) is 23.1 Å². The highest BCUT2D eigenvalue weighted by atomic mass is 19.1. The van der Waals surface area contributed by atoms with E-state index in [1.807, 2.05) is 31.2 Å². The van der Waals surface area contributed by atoms with Crippen molar-refractivity contribution < 1.29 is 13.6 Å². The Labute approximate surface area is 149 Å². The molecule has 1 amide bonds. The Morgan fingerprint density at radius 1 is 1.00 bits per heavy atom. The third kappa shape index (κ3) is 4.22. The Morgan fingerprint density at radius 2 is 1.73 bits per heavy atom. The molecule has 0 unspecified atom stereocenters. The van der Waals surface area contributed by atoms with Crippen molar-refractivity contribution in [2.75, 3.05) is 10.6 Å². The molecule has 0 aliphatic rings. The number of halogens is 2. The van der Waals surface area contributed by atoms with Gasteiger partial charge in [0.05, 0.1) is 18.3 Å². The van der Waals surface area contributed by atoms with Gasteiger partial charge in [0.2, 0.25) is 5.91 Å². The Bertz CT molecular complexity index is 906. The minimum atomic E-state index is -0.706. The zero-order valence-corrected chi connectivity index (χ0v) is 14.1. The molecule has 0 radical (unpaired) electrons. The van der Waals surface area contributed by atoms with E-state index in [1.165, 1.54) is 18.3 Å². The summed E-state index contributed by atoms with van der Waals surface area (Å²) in [6, 6.07) is 14.4. The number of hydrogen-bond donors (Lipinski definition) is 2. The van der Waals surface area contributed by atoms with Gasteiger partial charge in [0, 0.05) is 0 Å². The van der Waals surface area contributed by atoms with Crippen molar-refractivity contribution in [2.45, 2.75) is 13.3 Å². The SMILES string of the molecule is Cc1ccccc1CC(=O)Nc1ccc(Nc2c(F)cccc2F)nc1. The molecule has 0 saturated carbocycles. The maximum Gasteiger partial charge on any atom is 0.228 e. The lowest BCUT2D eigenvalue weighted by molar-refractivity contribution is -0.115. The average Bonchev–Trinajstić information content (AvgIpc) is 2.62. The van der Waals surface area contributed by atoms with E-state index in [0.717, 1.165) is 23.3 Å². The van der Waals surface area contributed by atoms with E-state index in [9.17, 15) is 13.6 Å². The number of aromatic nitrogens is 1. The van der Waals surface area contributed by atoms with E-state index in [0.29, 0.717) is 5.69 Å². The van der Waals surface area contributed by atoms with Crippen LogP contribution in [0.5, 0.6) is 0 Å². The number of nitrogens with zero attached hydrogens (tertiary/aromatic N) is 1. The number of carbonyl (C=O) groups excluding carboxylic acids is 1. The predicted octanol–water partition coefficient (Wildman–Crippen LogP) is 4.59. The van der Waals surface area contributed by atoms with Gasteiger partial charge in [-0.1, -0.05) is 30.3 Å². The van der Waals surface area contributed by atoms with Crippen LogP contribution in [0.4, 0.5) is 26.0 Å². The molecular formula is C20H17F2N3O. The molecule has 26 heavy (non-hydrogen) atoms. The molecule has 0 fully saturated rings. The summed E-state index contributed by atoms with van der Waals surface area (Å²) in [4.78, 5) is 16.2. The third-order valence-electron chi connectivity index (χ3n) is 3.88. The number of benzene rings is 2. The highest BCUT2D eigenvalue weighted by molar-refractivity contribution is 5.92. The number of nitrogens with one attached hydrogen (secondary N) is 2. The average molecular weight is 353 g/mol. The van der Waals surface area contributed by atoms with Crippen LogP contribution in [-0.4, -0.2) is 10.9 Å². The van der Waals surface area contributed by atoms with E-state index in [-0.39, 0.29) is 23.8 Å². The van der Waals surface area contributed by atoms with Crippen molar-refractivity contribution in [3.8, 4) is 0 Å². The molecule has 132 valence electrons. The highest BCUT2D eigenvalue weighted by Crippen LogP contribution is 2.22. The molecule has 2 N–H and O–H groups in total. The fourth-order valence-corrected chi connectivity index (χ4v) is 2.47. The Kier molecular flexibility index (Phi) is 5.22. The molecule has 1 heterocycles. The number of anilines is 3. The smallest absolute Gasteiger partial charge is 0.228 e. The van der Waals surface area contributed by atoms with E-state index < -0.39 is 11.6 Å². The van der Waals surface area contributed by atoms with Gasteiger partial charge in [-0.2, -0.15) is 0 Å². The number of para-hydroxylation sites is 1. The van der Waals surface area contributed by atoms with Crippen molar-refractivity contribution in [1.29, 1.82) is 0 Å². The Hall–Kier alpha value is -3.28. The number of pyridine rings is 1. The number of carbonyl (C=O) groups is 1. The first kappa shape index (κ1) is 17.5. The van der Waals surface area contributed by atoms with Crippen LogP contribution in [0.3, 0.4) is 0 Å². The number of hydrogen-bond acceptors (Lipinski definition) is 3. The van der Waals surface area contributed by atoms with Crippen LogP contribution in [0, 0.1) is 18.6 Å². The number of amides is 1. The summed E-state index contributed by atoms with van der Waals surface area (Å²) in [6.07, 6.45) is 1.68. The van der Waals surface area contributed by atoms with Crippen LogP contribution >= 0.6 is 0 Å². The zero-order chi connectivity index (χ0) is 18.5. The van der Waals surface area contributed by atoms with Crippen molar-refractivity contribution in [1.82, 2.24) is 4.98 Å². The van der Waals surface area contributed by atoms with Crippen LogP contribution in [0.15, 0.2) is 60.8 Å².